The second kappa shape index (κ2) is 8.63. The van der Waals surface area contributed by atoms with Gasteiger partial charge in [-0.2, -0.15) is 0 Å². The smallest absolute Gasteiger partial charge is 0.226 e. The zero-order valence-electron chi connectivity index (χ0n) is 14.9. The van der Waals surface area contributed by atoms with Crippen molar-refractivity contribution in [1.82, 2.24) is 10.2 Å². The third-order valence-corrected chi connectivity index (χ3v) is 4.76. The Kier molecular flexibility index (Phi) is 6.02. The van der Waals surface area contributed by atoms with Gasteiger partial charge in [-0.1, -0.05) is 60.7 Å². The molecule has 2 atom stereocenters. The Labute approximate surface area is 154 Å². The van der Waals surface area contributed by atoms with Crippen LogP contribution in [-0.2, 0) is 20.9 Å². The Balaban J connectivity index is 1.77. The summed E-state index contributed by atoms with van der Waals surface area (Å²) < 4.78 is 5.14. The quantitative estimate of drug-likeness (QED) is 0.833. The fourth-order valence-corrected chi connectivity index (χ4v) is 3.46. The molecule has 1 N–H and O–H groups in total. The number of nitrogens with one attached hydrogen (secondary N) is 1. The first-order valence-electron chi connectivity index (χ1n) is 8.85. The second-order valence-corrected chi connectivity index (χ2v) is 6.45. The minimum atomic E-state index is -0.398. The Hall–Kier alpha value is -2.66. The highest BCUT2D eigenvalue weighted by Crippen LogP contribution is 2.38. The lowest BCUT2D eigenvalue weighted by atomic mass is 9.92. The van der Waals surface area contributed by atoms with Crippen LogP contribution >= 0.6 is 0 Å². The summed E-state index contributed by atoms with van der Waals surface area (Å²) in [5, 5.41) is 2.99. The van der Waals surface area contributed by atoms with E-state index in [1.54, 1.807) is 12.0 Å². The van der Waals surface area contributed by atoms with Crippen LogP contribution in [0.4, 0.5) is 0 Å². The number of carbonyl (C=O) groups is 2. The molecule has 0 unspecified atom stereocenters. The lowest BCUT2D eigenvalue weighted by Gasteiger charge is -2.28. The molecule has 1 fully saturated rings. The Bertz CT molecular complexity index is 733. The minimum Gasteiger partial charge on any atom is -0.383 e. The molecule has 0 spiro atoms. The number of likely N-dealkylation sites (tertiary alicyclic amines) is 1. The van der Waals surface area contributed by atoms with Crippen molar-refractivity contribution in [1.29, 1.82) is 0 Å². The molecule has 0 radical (unpaired) electrons. The average Bonchev–Trinajstić information content (AvgIpc) is 3.02. The van der Waals surface area contributed by atoms with E-state index in [-0.39, 0.29) is 24.3 Å². The zero-order valence-corrected chi connectivity index (χ0v) is 14.9. The molecule has 1 saturated heterocycles. The molecule has 0 aliphatic carbocycles. The van der Waals surface area contributed by atoms with Gasteiger partial charge in [0.05, 0.1) is 18.6 Å². The first-order valence-corrected chi connectivity index (χ1v) is 8.85. The van der Waals surface area contributed by atoms with Crippen LogP contribution in [0.2, 0.25) is 0 Å². The average molecular weight is 352 g/mol. The normalized spacial score (nSPS) is 19.6. The van der Waals surface area contributed by atoms with Gasteiger partial charge in [-0.3, -0.25) is 9.59 Å². The summed E-state index contributed by atoms with van der Waals surface area (Å²) in [6, 6.07) is 19.3. The van der Waals surface area contributed by atoms with E-state index < -0.39 is 5.92 Å². The van der Waals surface area contributed by atoms with Crippen LogP contribution < -0.4 is 5.32 Å². The molecule has 136 valence electrons. The van der Waals surface area contributed by atoms with Crippen molar-refractivity contribution in [2.24, 2.45) is 5.92 Å². The van der Waals surface area contributed by atoms with E-state index in [2.05, 4.69) is 5.32 Å². The standard InChI is InChI=1S/C21H24N2O3/c1-26-13-12-23-19(24)14-18(20(23)17-10-6-3-7-11-17)21(25)22-15-16-8-4-2-5-9-16/h2-11,18,20H,12-15H2,1H3,(H,22,25)/t18-,20+/m1/s1. The first-order chi connectivity index (χ1) is 12.7. The van der Waals surface area contributed by atoms with Crippen LogP contribution in [0.3, 0.4) is 0 Å². The number of nitrogens with zero attached hydrogens (tertiary/aromatic N) is 1. The van der Waals surface area contributed by atoms with Gasteiger partial charge in [0, 0.05) is 26.6 Å². The van der Waals surface area contributed by atoms with E-state index in [0.717, 1.165) is 11.1 Å². The highest BCUT2D eigenvalue weighted by Gasteiger charge is 2.44. The van der Waals surface area contributed by atoms with Gasteiger partial charge in [0.25, 0.3) is 0 Å². The topological polar surface area (TPSA) is 58.6 Å². The number of rotatable bonds is 7. The van der Waals surface area contributed by atoms with E-state index in [0.29, 0.717) is 19.7 Å². The van der Waals surface area contributed by atoms with Crippen molar-refractivity contribution in [3.8, 4) is 0 Å². The Morgan fingerprint density at radius 1 is 1.12 bits per heavy atom. The lowest BCUT2D eigenvalue weighted by Crippen LogP contribution is -2.36. The van der Waals surface area contributed by atoms with Crippen molar-refractivity contribution < 1.29 is 14.3 Å². The Morgan fingerprint density at radius 3 is 2.42 bits per heavy atom. The number of ether oxygens (including phenoxy) is 1. The number of carbonyl (C=O) groups excluding carboxylic acids is 2. The maximum Gasteiger partial charge on any atom is 0.226 e. The third kappa shape index (κ3) is 4.11. The summed E-state index contributed by atoms with van der Waals surface area (Å²) in [4.78, 5) is 27.2. The van der Waals surface area contributed by atoms with Crippen LogP contribution in [0.25, 0.3) is 0 Å². The van der Waals surface area contributed by atoms with Crippen LogP contribution in [0, 0.1) is 5.92 Å². The molecule has 0 aromatic heterocycles. The predicted molar refractivity (Wildman–Crippen MR) is 99.2 cm³/mol. The SMILES string of the molecule is COCCN1C(=O)C[C@@H](C(=O)NCc2ccccc2)[C@@H]1c1ccccc1. The molecular weight excluding hydrogens is 328 g/mol. The summed E-state index contributed by atoms with van der Waals surface area (Å²) in [6.07, 6.45) is 0.226. The number of benzene rings is 2. The van der Waals surface area contributed by atoms with Gasteiger partial charge in [-0.15, -0.1) is 0 Å². The minimum absolute atomic E-state index is 0.00392. The molecule has 0 saturated carbocycles. The molecule has 3 rings (SSSR count). The molecule has 2 aromatic carbocycles. The van der Waals surface area contributed by atoms with Crippen LogP contribution in [0.5, 0.6) is 0 Å². The van der Waals surface area contributed by atoms with Gasteiger partial charge in [-0.25, -0.2) is 0 Å². The van der Waals surface area contributed by atoms with Crippen molar-refractivity contribution in [3.05, 3.63) is 71.8 Å². The van der Waals surface area contributed by atoms with Crippen molar-refractivity contribution >= 4 is 11.8 Å². The molecule has 0 bridgehead atoms. The molecule has 2 amide bonds. The van der Waals surface area contributed by atoms with Crippen LogP contribution in [0.1, 0.15) is 23.6 Å². The molecule has 5 heteroatoms. The van der Waals surface area contributed by atoms with Gasteiger partial charge in [-0.05, 0) is 11.1 Å². The molecule has 1 aliphatic heterocycles. The van der Waals surface area contributed by atoms with E-state index in [1.165, 1.54) is 0 Å². The fourth-order valence-electron chi connectivity index (χ4n) is 3.46. The second-order valence-electron chi connectivity index (χ2n) is 6.45. The van der Waals surface area contributed by atoms with E-state index in [1.807, 2.05) is 60.7 Å². The van der Waals surface area contributed by atoms with Crippen molar-refractivity contribution in [2.75, 3.05) is 20.3 Å². The lowest BCUT2D eigenvalue weighted by molar-refractivity contribution is -0.129. The molecule has 1 heterocycles. The summed E-state index contributed by atoms with van der Waals surface area (Å²) in [5.41, 5.74) is 2.02. The highest BCUT2D eigenvalue weighted by atomic mass is 16.5. The van der Waals surface area contributed by atoms with Gasteiger partial charge >= 0.3 is 0 Å². The first kappa shape index (κ1) is 18.1. The third-order valence-electron chi connectivity index (χ3n) is 4.76. The Morgan fingerprint density at radius 2 is 1.77 bits per heavy atom. The highest BCUT2D eigenvalue weighted by molar-refractivity contribution is 5.90. The van der Waals surface area contributed by atoms with Gasteiger partial charge < -0.3 is 15.0 Å². The monoisotopic (exact) mass is 352 g/mol. The molecule has 5 nitrogen and oxygen atoms in total. The number of amides is 2. The fraction of sp³-hybridized carbons (Fsp3) is 0.333. The van der Waals surface area contributed by atoms with E-state index >= 15 is 0 Å². The molecular formula is C21H24N2O3. The summed E-state index contributed by atoms with van der Waals surface area (Å²) in [6.45, 7) is 1.40. The van der Waals surface area contributed by atoms with Crippen LogP contribution in [-0.4, -0.2) is 37.0 Å². The number of hydrogen-bond donors (Lipinski definition) is 1. The summed E-state index contributed by atoms with van der Waals surface area (Å²) in [7, 11) is 1.61. The molecule has 26 heavy (non-hydrogen) atoms. The maximum atomic E-state index is 12.8. The van der Waals surface area contributed by atoms with Crippen molar-refractivity contribution in [3.63, 3.8) is 0 Å². The number of methoxy groups -OCH3 is 1. The van der Waals surface area contributed by atoms with E-state index in [4.69, 9.17) is 4.74 Å². The van der Waals surface area contributed by atoms with Crippen LogP contribution in [0.15, 0.2) is 60.7 Å². The zero-order chi connectivity index (χ0) is 18.4. The van der Waals surface area contributed by atoms with E-state index in [9.17, 15) is 9.59 Å². The largest absolute Gasteiger partial charge is 0.383 e. The summed E-state index contributed by atoms with van der Waals surface area (Å²) in [5.74, 6) is -0.489. The predicted octanol–water partition coefficient (Wildman–Crippen LogP) is 2.54. The molecule has 1 aliphatic rings. The molecule has 2 aromatic rings. The van der Waals surface area contributed by atoms with Gasteiger partial charge in [0.2, 0.25) is 11.8 Å². The number of hydrogen-bond acceptors (Lipinski definition) is 3. The van der Waals surface area contributed by atoms with Gasteiger partial charge in [0.15, 0.2) is 0 Å². The van der Waals surface area contributed by atoms with Crippen molar-refractivity contribution in [2.45, 2.75) is 19.0 Å². The summed E-state index contributed by atoms with van der Waals surface area (Å²) >= 11 is 0. The van der Waals surface area contributed by atoms with Gasteiger partial charge in [0.1, 0.15) is 0 Å². The maximum absolute atomic E-state index is 12.8.